The van der Waals surface area contributed by atoms with Gasteiger partial charge in [0.15, 0.2) is 0 Å². The molecule has 0 radical (unpaired) electrons. The Kier molecular flexibility index (Phi) is 11.7. The van der Waals surface area contributed by atoms with Gasteiger partial charge >= 0.3 is 12.4 Å². The average Bonchev–Trinajstić information content (AvgIpc) is 4.00. The van der Waals surface area contributed by atoms with E-state index in [9.17, 15) is 35.9 Å². The molecule has 14 nitrogen and oxygen atoms in total. The van der Waals surface area contributed by atoms with E-state index >= 15 is 0 Å². The minimum Gasteiger partial charge on any atom is -0.488 e. The minimum atomic E-state index is -4.87. The zero-order valence-corrected chi connectivity index (χ0v) is 29.9. The summed E-state index contributed by atoms with van der Waals surface area (Å²) in [6.07, 6.45) is -8.58. The molecule has 4 saturated heterocycles. The van der Waals surface area contributed by atoms with E-state index in [0.29, 0.717) is 78.0 Å². The molecule has 20 heteroatoms. The molecule has 302 valence electrons. The molecular weight excluding hydrogens is 754 g/mol. The Balaban J connectivity index is 1.15. The second-order valence-corrected chi connectivity index (χ2v) is 13.8. The summed E-state index contributed by atoms with van der Waals surface area (Å²) in [6, 6.07) is 4.60. The standard InChI is InChI=1S/C36H40F6N8O6/c37-35(38,39)23-9-25(31(55-21-3-7-45-16-21)12-29(23)53-19-1-5-43-14-19)49-33(51)27-11-28(48-18-47-27)34(52)50-26-10-24(36(40,41)42)30(54-20-2-6-44-15-20)13-32(26)56-22-4-8-46-17-22/h9-13,18-22,43-46H,1-8,14-17H2,(H,49,51)(H,50,52)/t19-,20-,21-,22-/m1/s1. The van der Waals surface area contributed by atoms with Crippen LogP contribution in [0.25, 0.3) is 0 Å². The van der Waals surface area contributed by atoms with E-state index in [2.05, 4.69) is 41.9 Å². The summed E-state index contributed by atoms with van der Waals surface area (Å²) in [5.74, 6) is -3.09. The zero-order valence-electron chi connectivity index (χ0n) is 29.9. The number of alkyl halides is 6. The van der Waals surface area contributed by atoms with Crippen molar-refractivity contribution in [2.24, 2.45) is 0 Å². The number of amides is 2. The lowest BCUT2D eigenvalue weighted by Crippen LogP contribution is -2.24. The Morgan fingerprint density at radius 3 is 1.18 bits per heavy atom. The van der Waals surface area contributed by atoms with Crippen LogP contribution in [0.3, 0.4) is 0 Å². The molecule has 0 aliphatic carbocycles. The zero-order chi connectivity index (χ0) is 39.5. The first-order chi connectivity index (χ1) is 26.8. The number of carbonyl (C=O) groups is 2. The minimum absolute atomic E-state index is 0.0740. The number of halogens is 6. The molecule has 7 rings (SSSR count). The topological polar surface area (TPSA) is 169 Å². The molecule has 4 aliphatic rings. The van der Waals surface area contributed by atoms with Gasteiger partial charge in [0.05, 0.1) is 22.5 Å². The highest BCUT2D eigenvalue weighted by Gasteiger charge is 2.39. The molecule has 6 N–H and O–H groups in total. The number of rotatable bonds is 12. The smallest absolute Gasteiger partial charge is 0.420 e. The molecule has 5 heterocycles. The van der Waals surface area contributed by atoms with Crippen LogP contribution < -0.4 is 50.8 Å². The third kappa shape index (κ3) is 9.54. The van der Waals surface area contributed by atoms with E-state index in [0.717, 1.165) is 36.7 Å². The van der Waals surface area contributed by atoms with Gasteiger partial charge in [-0.3, -0.25) is 9.59 Å². The first kappa shape index (κ1) is 39.3. The molecule has 0 unspecified atom stereocenters. The van der Waals surface area contributed by atoms with Crippen LogP contribution in [0.2, 0.25) is 0 Å². The van der Waals surface area contributed by atoms with Crippen molar-refractivity contribution < 1.29 is 54.9 Å². The third-order valence-corrected chi connectivity index (χ3v) is 9.64. The van der Waals surface area contributed by atoms with Crippen LogP contribution in [-0.4, -0.2) is 98.6 Å². The molecule has 0 bridgehead atoms. The predicted octanol–water partition coefficient (Wildman–Crippen LogP) is 3.98. The van der Waals surface area contributed by atoms with Crippen LogP contribution in [0.15, 0.2) is 36.7 Å². The summed E-state index contributed by atoms with van der Waals surface area (Å²) in [5, 5.41) is 17.1. The third-order valence-electron chi connectivity index (χ3n) is 9.64. The van der Waals surface area contributed by atoms with Gasteiger partial charge in [-0.15, -0.1) is 0 Å². The fourth-order valence-corrected chi connectivity index (χ4v) is 6.76. The summed E-state index contributed by atoms with van der Waals surface area (Å²) in [6.45, 7) is 3.96. The Morgan fingerprint density at radius 1 is 0.536 bits per heavy atom. The monoisotopic (exact) mass is 794 g/mol. The maximum atomic E-state index is 14.4. The summed E-state index contributed by atoms with van der Waals surface area (Å²) < 4.78 is 110. The number of benzene rings is 2. The summed E-state index contributed by atoms with van der Waals surface area (Å²) in [4.78, 5) is 34.9. The van der Waals surface area contributed by atoms with Crippen molar-refractivity contribution in [3.63, 3.8) is 0 Å². The molecule has 2 aromatic carbocycles. The fraction of sp³-hybridized carbons (Fsp3) is 0.500. The van der Waals surface area contributed by atoms with Crippen molar-refractivity contribution in [1.82, 2.24) is 31.2 Å². The van der Waals surface area contributed by atoms with Crippen molar-refractivity contribution in [1.29, 1.82) is 0 Å². The molecule has 56 heavy (non-hydrogen) atoms. The van der Waals surface area contributed by atoms with Gasteiger partial charge in [0.25, 0.3) is 11.8 Å². The van der Waals surface area contributed by atoms with Crippen molar-refractivity contribution in [2.75, 3.05) is 63.0 Å². The van der Waals surface area contributed by atoms with E-state index in [1.165, 1.54) is 0 Å². The lowest BCUT2D eigenvalue weighted by molar-refractivity contribution is -0.140. The largest absolute Gasteiger partial charge is 0.488 e. The fourth-order valence-electron chi connectivity index (χ4n) is 6.76. The highest BCUT2D eigenvalue weighted by molar-refractivity contribution is 6.07. The molecular formula is C36H40F6N8O6. The summed E-state index contributed by atoms with van der Waals surface area (Å²) in [7, 11) is 0. The Bertz CT molecular complexity index is 1760. The van der Waals surface area contributed by atoms with Crippen LogP contribution in [0, 0.1) is 0 Å². The lowest BCUT2D eigenvalue weighted by Gasteiger charge is -2.23. The summed E-state index contributed by atoms with van der Waals surface area (Å²) >= 11 is 0. The summed E-state index contributed by atoms with van der Waals surface area (Å²) in [5.41, 5.74) is -3.78. The van der Waals surface area contributed by atoms with Crippen LogP contribution >= 0.6 is 0 Å². The van der Waals surface area contributed by atoms with Crippen LogP contribution in [0.4, 0.5) is 37.7 Å². The average molecular weight is 795 g/mol. The molecule has 4 fully saturated rings. The molecule has 0 spiro atoms. The van der Waals surface area contributed by atoms with Crippen molar-refractivity contribution in [3.8, 4) is 23.0 Å². The number of ether oxygens (including phenoxy) is 4. The van der Waals surface area contributed by atoms with Gasteiger partial charge in [0.1, 0.15) is 65.1 Å². The van der Waals surface area contributed by atoms with E-state index in [-0.39, 0.29) is 22.9 Å². The van der Waals surface area contributed by atoms with Crippen LogP contribution in [0.5, 0.6) is 23.0 Å². The highest BCUT2D eigenvalue weighted by Crippen LogP contribution is 2.45. The maximum absolute atomic E-state index is 14.4. The Morgan fingerprint density at radius 2 is 0.875 bits per heavy atom. The number of aromatic nitrogens is 2. The number of carbonyl (C=O) groups excluding carboxylic acids is 2. The molecule has 1 aromatic heterocycles. The number of nitrogens with one attached hydrogen (secondary N) is 6. The SMILES string of the molecule is O=C(Nc1cc(C(F)(F)F)c(O[C@@H]2CCNC2)cc1O[C@@H]1CCNC1)c1cc(C(=O)Nc2cc(C(F)(F)F)c(O[C@@H]3CCNC3)cc2O[C@@H]2CCNC2)ncn1. The van der Waals surface area contributed by atoms with Crippen LogP contribution in [-0.2, 0) is 12.4 Å². The number of hydrogen-bond acceptors (Lipinski definition) is 12. The van der Waals surface area contributed by atoms with Crippen molar-refractivity contribution >= 4 is 23.2 Å². The van der Waals surface area contributed by atoms with Crippen molar-refractivity contribution in [2.45, 2.75) is 62.5 Å². The Labute approximate surface area is 316 Å². The van der Waals surface area contributed by atoms with Gasteiger partial charge in [0, 0.05) is 44.4 Å². The molecule has 4 aliphatic heterocycles. The van der Waals surface area contributed by atoms with E-state index in [1.807, 2.05) is 0 Å². The van der Waals surface area contributed by atoms with Gasteiger partial charge in [-0.1, -0.05) is 0 Å². The lowest BCUT2D eigenvalue weighted by atomic mass is 10.1. The second kappa shape index (κ2) is 16.7. The van der Waals surface area contributed by atoms with Gasteiger partial charge in [-0.05, 0) is 64.0 Å². The maximum Gasteiger partial charge on any atom is 0.420 e. The van der Waals surface area contributed by atoms with E-state index < -0.39 is 82.6 Å². The predicted molar refractivity (Wildman–Crippen MR) is 188 cm³/mol. The van der Waals surface area contributed by atoms with E-state index in [4.69, 9.17) is 18.9 Å². The molecule has 2 amide bonds. The second-order valence-electron chi connectivity index (χ2n) is 13.8. The van der Waals surface area contributed by atoms with Crippen molar-refractivity contribution in [3.05, 3.63) is 59.2 Å². The first-order valence-corrected chi connectivity index (χ1v) is 18.2. The van der Waals surface area contributed by atoms with Crippen LogP contribution in [0.1, 0.15) is 57.8 Å². The number of hydrogen-bond donors (Lipinski definition) is 6. The van der Waals surface area contributed by atoms with E-state index in [1.54, 1.807) is 0 Å². The normalized spacial score (nSPS) is 22.5. The molecule has 4 atom stereocenters. The molecule has 3 aromatic rings. The Hall–Kier alpha value is -4.92. The van der Waals surface area contributed by atoms with Gasteiger partial charge in [-0.2, -0.15) is 26.3 Å². The molecule has 0 saturated carbocycles. The highest BCUT2D eigenvalue weighted by atomic mass is 19.4. The van der Waals surface area contributed by atoms with Gasteiger partial charge in [0.2, 0.25) is 0 Å². The van der Waals surface area contributed by atoms with Gasteiger partial charge in [-0.25, -0.2) is 9.97 Å². The van der Waals surface area contributed by atoms with Gasteiger partial charge < -0.3 is 50.8 Å². The first-order valence-electron chi connectivity index (χ1n) is 18.2. The number of nitrogens with zero attached hydrogens (tertiary/aromatic N) is 2. The quantitative estimate of drug-likeness (QED) is 0.146. The number of anilines is 2.